The Labute approximate surface area is 285 Å². The SMILES string of the molecule is CCCCCCCCCCCCCCCC(=O)OC(C)CCc1ccc(CCCCCCCCCCCCCCCC(=O)O)cc1. The number of aryl methyl sites for hydroxylation is 2. The fourth-order valence-corrected chi connectivity index (χ4v) is 6.42. The lowest BCUT2D eigenvalue weighted by Crippen LogP contribution is -2.15. The number of carbonyl (C=O) groups is 2. The van der Waals surface area contributed by atoms with Gasteiger partial charge in [0.15, 0.2) is 0 Å². The van der Waals surface area contributed by atoms with Crippen molar-refractivity contribution < 1.29 is 19.4 Å². The quantitative estimate of drug-likeness (QED) is 0.0600. The van der Waals surface area contributed by atoms with Gasteiger partial charge in [-0.2, -0.15) is 0 Å². The van der Waals surface area contributed by atoms with Gasteiger partial charge in [-0.3, -0.25) is 9.59 Å². The number of hydrogen-bond donors (Lipinski definition) is 1. The molecule has 1 aromatic rings. The lowest BCUT2D eigenvalue weighted by Gasteiger charge is -2.13. The summed E-state index contributed by atoms with van der Waals surface area (Å²) < 4.78 is 5.69. The van der Waals surface area contributed by atoms with Crippen LogP contribution in [0.2, 0.25) is 0 Å². The van der Waals surface area contributed by atoms with Crippen LogP contribution >= 0.6 is 0 Å². The number of carbonyl (C=O) groups excluding carboxylic acids is 1. The highest BCUT2D eigenvalue weighted by molar-refractivity contribution is 5.69. The maximum absolute atomic E-state index is 12.3. The first-order chi connectivity index (χ1) is 22.5. The van der Waals surface area contributed by atoms with E-state index in [0.29, 0.717) is 12.8 Å². The van der Waals surface area contributed by atoms with E-state index in [2.05, 4.69) is 31.2 Å². The molecule has 0 aliphatic heterocycles. The summed E-state index contributed by atoms with van der Waals surface area (Å²) in [5, 5.41) is 8.66. The van der Waals surface area contributed by atoms with E-state index >= 15 is 0 Å². The number of carboxylic acid groups (broad SMARTS) is 1. The fourth-order valence-electron chi connectivity index (χ4n) is 6.42. The van der Waals surface area contributed by atoms with Crippen LogP contribution in [0, 0.1) is 0 Å². The van der Waals surface area contributed by atoms with Gasteiger partial charge in [0.05, 0.1) is 6.10 Å². The fraction of sp³-hybridized carbons (Fsp3) is 0.810. The van der Waals surface area contributed by atoms with Crippen molar-refractivity contribution in [3.8, 4) is 0 Å². The van der Waals surface area contributed by atoms with E-state index in [1.807, 2.05) is 6.92 Å². The molecule has 0 aromatic heterocycles. The average Bonchev–Trinajstić information content (AvgIpc) is 3.04. The number of carboxylic acids is 1. The minimum Gasteiger partial charge on any atom is -0.481 e. The van der Waals surface area contributed by atoms with Crippen LogP contribution in [-0.2, 0) is 27.2 Å². The minimum atomic E-state index is -0.665. The van der Waals surface area contributed by atoms with Crippen LogP contribution in [0.5, 0.6) is 0 Å². The summed E-state index contributed by atoms with van der Waals surface area (Å²) in [6.07, 6.45) is 37.4. The molecule has 0 aliphatic rings. The van der Waals surface area contributed by atoms with Crippen LogP contribution in [0.4, 0.5) is 0 Å². The van der Waals surface area contributed by atoms with Crippen molar-refractivity contribution in [3.05, 3.63) is 35.4 Å². The van der Waals surface area contributed by atoms with Crippen molar-refractivity contribution in [1.29, 1.82) is 0 Å². The van der Waals surface area contributed by atoms with Crippen molar-refractivity contribution in [2.45, 2.75) is 219 Å². The molecule has 1 N–H and O–H groups in total. The molecule has 0 bridgehead atoms. The highest BCUT2D eigenvalue weighted by Crippen LogP contribution is 2.17. The van der Waals surface area contributed by atoms with Crippen molar-refractivity contribution in [3.63, 3.8) is 0 Å². The Kier molecular flexibility index (Phi) is 29.1. The molecule has 1 atom stereocenters. The number of rotatable bonds is 34. The van der Waals surface area contributed by atoms with Crippen molar-refractivity contribution >= 4 is 11.9 Å². The molecule has 1 aromatic carbocycles. The second-order valence-corrected chi connectivity index (χ2v) is 14.1. The first-order valence-electron chi connectivity index (χ1n) is 20.0. The van der Waals surface area contributed by atoms with Crippen molar-refractivity contribution in [1.82, 2.24) is 0 Å². The Morgan fingerprint density at radius 3 is 1.28 bits per heavy atom. The van der Waals surface area contributed by atoms with E-state index in [9.17, 15) is 9.59 Å². The van der Waals surface area contributed by atoms with Crippen LogP contribution in [0.1, 0.15) is 211 Å². The van der Waals surface area contributed by atoms with Crippen LogP contribution in [-0.4, -0.2) is 23.1 Å². The molecule has 0 fully saturated rings. The third-order valence-electron chi connectivity index (χ3n) is 9.54. The second kappa shape index (κ2) is 31.7. The summed E-state index contributed by atoms with van der Waals surface area (Å²) in [4.78, 5) is 22.8. The van der Waals surface area contributed by atoms with Gasteiger partial charge in [-0.1, -0.05) is 179 Å². The third kappa shape index (κ3) is 28.4. The van der Waals surface area contributed by atoms with Gasteiger partial charge in [0.25, 0.3) is 0 Å². The Balaban J connectivity index is 1.92. The van der Waals surface area contributed by atoms with E-state index in [-0.39, 0.29) is 12.1 Å². The zero-order valence-electron chi connectivity index (χ0n) is 30.5. The molecule has 0 radical (unpaired) electrons. The molecule has 0 amide bonds. The summed E-state index contributed by atoms with van der Waals surface area (Å²) >= 11 is 0. The Hall–Kier alpha value is -1.84. The predicted octanol–water partition coefficient (Wildman–Crippen LogP) is 13.1. The molecule has 0 heterocycles. The van der Waals surface area contributed by atoms with Crippen LogP contribution in [0.25, 0.3) is 0 Å². The minimum absolute atomic E-state index is 0.0176. The molecule has 1 unspecified atom stereocenters. The normalized spacial score (nSPS) is 12.0. The monoisotopic (exact) mass is 643 g/mol. The highest BCUT2D eigenvalue weighted by Gasteiger charge is 2.10. The molecule has 4 heteroatoms. The second-order valence-electron chi connectivity index (χ2n) is 14.1. The first kappa shape index (κ1) is 42.2. The van der Waals surface area contributed by atoms with Crippen molar-refractivity contribution in [2.24, 2.45) is 0 Å². The van der Waals surface area contributed by atoms with E-state index < -0.39 is 5.97 Å². The largest absolute Gasteiger partial charge is 0.481 e. The summed E-state index contributed by atoms with van der Waals surface area (Å²) in [6.45, 7) is 4.31. The lowest BCUT2D eigenvalue weighted by atomic mass is 10.0. The number of aliphatic carboxylic acids is 1. The zero-order valence-corrected chi connectivity index (χ0v) is 30.5. The number of unbranched alkanes of at least 4 members (excludes halogenated alkanes) is 24. The molecule has 0 saturated heterocycles. The van der Waals surface area contributed by atoms with E-state index in [4.69, 9.17) is 9.84 Å². The standard InChI is InChI=1S/C42H74O4/c1-3-4-5-6-7-8-9-11-16-19-22-25-28-31-42(45)46-38(2)32-33-40-36-34-39(35-37-40)29-26-23-20-17-14-12-10-13-15-18-21-24-27-30-41(43)44/h34-38H,3-33H2,1-2H3,(H,43,44). The smallest absolute Gasteiger partial charge is 0.306 e. The van der Waals surface area contributed by atoms with Gasteiger partial charge in [-0.05, 0) is 56.6 Å². The van der Waals surface area contributed by atoms with E-state index in [1.165, 1.54) is 159 Å². The van der Waals surface area contributed by atoms with E-state index in [1.54, 1.807) is 0 Å². The molecule has 0 spiro atoms. The molecule has 0 aliphatic carbocycles. The molecular formula is C42H74O4. The predicted molar refractivity (Wildman–Crippen MR) is 197 cm³/mol. The van der Waals surface area contributed by atoms with Gasteiger partial charge in [0.2, 0.25) is 0 Å². The first-order valence-corrected chi connectivity index (χ1v) is 20.0. The number of hydrogen-bond acceptors (Lipinski definition) is 3. The molecule has 0 saturated carbocycles. The topological polar surface area (TPSA) is 63.6 Å². The summed E-state index contributed by atoms with van der Waals surface area (Å²) in [5.41, 5.74) is 2.77. The maximum atomic E-state index is 12.3. The average molecular weight is 643 g/mol. The highest BCUT2D eigenvalue weighted by atomic mass is 16.5. The van der Waals surface area contributed by atoms with Gasteiger partial charge >= 0.3 is 11.9 Å². The number of ether oxygens (including phenoxy) is 1. The third-order valence-corrected chi connectivity index (χ3v) is 9.54. The van der Waals surface area contributed by atoms with Gasteiger partial charge in [0, 0.05) is 12.8 Å². The number of benzene rings is 1. The van der Waals surface area contributed by atoms with Crippen LogP contribution in [0.3, 0.4) is 0 Å². The lowest BCUT2D eigenvalue weighted by molar-refractivity contribution is -0.148. The Morgan fingerprint density at radius 1 is 0.522 bits per heavy atom. The molecule has 4 nitrogen and oxygen atoms in total. The summed E-state index contributed by atoms with van der Waals surface area (Å²) in [5.74, 6) is -0.689. The molecular weight excluding hydrogens is 568 g/mol. The van der Waals surface area contributed by atoms with Crippen LogP contribution in [0.15, 0.2) is 24.3 Å². The molecule has 1 rings (SSSR count). The summed E-state index contributed by atoms with van der Waals surface area (Å²) in [7, 11) is 0. The maximum Gasteiger partial charge on any atom is 0.306 e. The molecule has 266 valence electrons. The van der Waals surface area contributed by atoms with Crippen LogP contribution < -0.4 is 0 Å². The van der Waals surface area contributed by atoms with Gasteiger partial charge in [-0.15, -0.1) is 0 Å². The summed E-state index contributed by atoms with van der Waals surface area (Å²) in [6, 6.07) is 9.08. The molecule has 46 heavy (non-hydrogen) atoms. The number of esters is 1. The Bertz CT molecular complexity index is 817. The van der Waals surface area contributed by atoms with Gasteiger partial charge in [0.1, 0.15) is 0 Å². The van der Waals surface area contributed by atoms with E-state index in [0.717, 1.165) is 38.5 Å². The van der Waals surface area contributed by atoms with Gasteiger partial charge in [-0.25, -0.2) is 0 Å². The zero-order chi connectivity index (χ0) is 33.3. The van der Waals surface area contributed by atoms with Gasteiger partial charge < -0.3 is 9.84 Å². The van der Waals surface area contributed by atoms with Crippen molar-refractivity contribution in [2.75, 3.05) is 0 Å². The Morgan fingerprint density at radius 2 is 0.870 bits per heavy atom.